The molecular formula is C19H20F3NO4S. The van der Waals surface area contributed by atoms with E-state index in [9.17, 15) is 21.6 Å². The van der Waals surface area contributed by atoms with E-state index in [0.29, 0.717) is 29.9 Å². The minimum atomic E-state index is -4.52. The SMILES string of the molecule is COc1ccc(C2CCCN2S(=O)(=O)c2ccc(C(F)(F)F)cc2)c(OC)c1. The summed E-state index contributed by atoms with van der Waals surface area (Å²) in [6.07, 6.45) is -3.29. The molecule has 1 atom stereocenters. The molecule has 0 spiro atoms. The van der Waals surface area contributed by atoms with Crippen LogP contribution in [0, 0.1) is 0 Å². The maximum absolute atomic E-state index is 13.1. The Labute approximate surface area is 161 Å². The van der Waals surface area contributed by atoms with Crippen LogP contribution in [0.4, 0.5) is 13.2 Å². The Kier molecular flexibility index (Phi) is 5.58. The van der Waals surface area contributed by atoms with Crippen LogP contribution in [-0.2, 0) is 16.2 Å². The molecule has 3 rings (SSSR count). The molecule has 0 N–H and O–H groups in total. The normalized spacial score (nSPS) is 18.2. The van der Waals surface area contributed by atoms with Gasteiger partial charge in [0.25, 0.3) is 0 Å². The van der Waals surface area contributed by atoms with Gasteiger partial charge in [-0.1, -0.05) is 6.07 Å². The number of hydrogen-bond acceptors (Lipinski definition) is 4. The first kappa shape index (κ1) is 20.5. The minimum Gasteiger partial charge on any atom is -0.497 e. The maximum Gasteiger partial charge on any atom is 0.416 e. The Hall–Kier alpha value is -2.26. The summed E-state index contributed by atoms with van der Waals surface area (Å²) in [6.45, 7) is 0.281. The summed E-state index contributed by atoms with van der Waals surface area (Å²) in [6, 6.07) is 8.25. The number of alkyl halides is 3. The molecule has 0 aromatic heterocycles. The molecule has 1 aliphatic heterocycles. The Morgan fingerprint density at radius 1 is 1.04 bits per heavy atom. The predicted molar refractivity (Wildman–Crippen MR) is 96.9 cm³/mol. The number of methoxy groups -OCH3 is 2. The van der Waals surface area contributed by atoms with Crippen LogP contribution in [0.1, 0.15) is 30.0 Å². The summed E-state index contributed by atoms with van der Waals surface area (Å²) in [5.74, 6) is 1.08. The molecule has 0 radical (unpaired) electrons. The van der Waals surface area contributed by atoms with Crippen molar-refractivity contribution < 1.29 is 31.1 Å². The van der Waals surface area contributed by atoms with Crippen molar-refractivity contribution in [3.63, 3.8) is 0 Å². The second-order valence-corrected chi connectivity index (χ2v) is 8.29. The van der Waals surface area contributed by atoms with Crippen LogP contribution < -0.4 is 9.47 Å². The largest absolute Gasteiger partial charge is 0.497 e. The topological polar surface area (TPSA) is 55.8 Å². The average Bonchev–Trinajstić information content (AvgIpc) is 3.17. The van der Waals surface area contributed by atoms with E-state index in [4.69, 9.17) is 9.47 Å². The van der Waals surface area contributed by atoms with Gasteiger partial charge in [0.15, 0.2) is 0 Å². The highest BCUT2D eigenvalue weighted by molar-refractivity contribution is 7.89. The van der Waals surface area contributed by atoms with Gasteiger partial charge < -0.3 is 9.47 Å². The lowest BCUT2D eigenvalue weighted by atomic mass is 10.0. The molecule has 28 heavy (non-hydrogen) atoms. The molecule has 1 unspecified atom stereocenters. The van der Waals surface area contributed by atoms with Gasteiger partial charge in [0.2, 0.25) is 10.0 Å². The zero-order chi connectivity index (χ0) is 20.5. The Balaban J connectivity index is 1.96. The zero-order valence-corrected chi connectivity index (χ0v) is 16.2. The first-order valence-electron chi connectivity index (χ1n) is 8.59. The standard InChI is InChI=1S/C19H20F3NO4S/c1-26-14-7-10-16(18(12-14)27-2)17-4-3-11-23(17)28(24,25)15-8-5-13(6-9-15)19(20,21)22/h5-10,12,17H,3-4,11H2,1-2H3. The van der Waals surface area contributed by atoms with Crippen LogP contribution in [-0.4, -0.2) is 33.5 Å². The Morgan fingerprint density at radius 2 is 1.71 bits per heavy atom. The van der Waals surface area contributed by atoms with Gasteiger partial charge in [-0.25, -0.2) is 8.42 Å². The van der Waals surface area contributed by atoms with Gasteiger partial charge in [0.05, 0.1) is 30.7 Å². The fraction of sp³-hybridized carbons (Fsp3) is 0.368. The van der Waals surface area contributed by atoms with Crippen molar-refractivity contribution in [2.45, 2.75) is 30.0 Å². The molecule has 1 aliphatic rings. The summed E-state index contributed by atoms with van der Waals surface area (Å²) >= 11 is 0. The van der Waals surface area contributed by atoms with Crippen LogP contribution in [0.5, 0.6) is 11.5 Å². The third kappa shape index (κ3) is 3.81. The number of benzene rings is 2. The number of rotatable bonds is 5. The van der Waals surface area contributed by atoms with Gasteiger partial charge in [-0.05, 0) is 43.2 Å². The van der Waals surface area contributed by atoms with Gasteiger partial charge in [-0.3, -0.25) is 0 Å². The number of nitrogens with zero attached hydrogens (tertiary/aromatic N) is 1. The molecule has 9 heteroatoms. The van der Waals surface area contributed by atoms with Crippen molar-refractivity contribution in [2.75, 3.05) is 20.8 Å². The van der Waals surface area contributed by atoms with E-state index in [1.54, 1.807) is 18.2 Å². The molecule has 5 nitrogen and oxygen atoms in total. The number of sulfonamides is 1. The van der Waals surface area contributed by atoms with Gasteiger partial charge >= 0.3 is 6.18 Å². The van der Waals surface area contributed by atoms with Gasteiger partial charge in [-0.15, -0.1) is 0 Å². The molecule has 1 fully saturated rings. The van der Waals surface area contributed by atoms with E-state index in [1.165, 1.54) is 18.5 Å². The highest BCUT2D eigenvalue weighted by Crippen LogP contribution is 2.41. The van der Waals surface area contributed by atoms with E-state index in [-0.39, 0.29) is 11.4 Å². The third-order valence-electron chi connectivity index (χ3n) is 4.79. The number of halogens is 3. The van der Waals surface area contributed by atoms with Crippen molar-refractivity contribution in [3.05, 3.63) is 53.6 Å². The summed E-state index contributed by atoms with van der Waals surface area (Å²) in [5.41, 5.74) is -0.197. The molecule has 0 aliphatic carbocycles. The quantitative estimate of drug-likeness (QED) is 0.733. The molecule has 2 aromatic rings. The highest BCUT2D eigenvalue weighted by atomic mass is 32.2. The fourth-order valence-corrected chi connectivity index (χ4v) is 5.06. The van der Waals surface area contributed by atoms with E-state index < -0.39 is 27.8 Å². The molecule has 2 aromatic carbocycles. The summed E-state index contributed by atoms with van der Waals surface area (Å²) in [5, 5.41) is 0. The van der Waals surface area contributed by atoms with Crippen molar-refractivity contribution in [1.29, 1.82) is 0 Å². The van der Waals surface area contributed by atoms with Crippen molar-refractivity contribution in [3.8, 4) is 11.5 Å². The van der Waals surface area contributed by atoms with Crippen LogP contribution in [0.15, 0.2) is 47.4 Å². The van der Waals surface area contributed by atoms with Gasteiger partial charge in [0, 0.05) is 18.2 Å². The molecule has 0 bridgehead atoms. The number of hydrogen-bond donors (Lipinski definition) is 0. The van der Waals surface area contributed by atoms with E-state index in [0.717, 1.165) is 24.3 Å². The van der Waals surface area contributed by atoms with Gasteiger partial charge in [0.1, 0.15) is 11.5 Å². The molecule has 0 saturated carbocycles. The highest BCUT2D eigenvalue weighted by Gasteiger charge is 2.38. The minimum absolute atomic E-state index is 0.167. The van der Waals surface area contributed by atoms with Gasteiger partial charge in [-0.2, -0.15) is 17.5 Å². The molecule has 0 amide bonds. The number of ether oxygens (including phenoxy) is 2. The molecule has 152 valence electrons. The average molecular weight is 415 g/mol. The summed E-state index contributed by atoms with van der Waals surface area (Å²) < 4.78 is 76.3. The van der Waals surface area contributed by atoms with Crippen LogP contribution in [0.25, 0.3) is 0 Å². The first-order valence-corrected chi connectivity index (χ1v) is 10.0. The Bertz CT molecular complexity index is 943. The smallest absolute Gasteiger partial charge is 0.416 e. The maximum atomic E-state index is 13.1. The molecule has 1 heterocycles. The lowest BCUT2D eigenvalue weighted by Crippen LogP contribution is -2.31. The van der Waals surface area contributed by atoms with Crippen molar-refractivity contribution in [1.82, 2.24) is 4.31 Å². The lowest BCUT2D eigenvalue weighted by Gasteiger charge is -2.26. The summed E-state index contributed by atoms with van der Waals surface area (Å²) in [7, 11) is -0.953. The van der Waals surface area contributed by atoms with Crippen LogP contribution in [0.3, 0.4) is 0 Å². The first-order chi connectivity index (χ1) is 13.2. The second-order valence-electron chi connectivity index (χ2n) is 6.40. The third-order valence-corrected chi connectivity index (χ3v) is 6.71. The molecule has 1 saturated heterocycles. The second kappa shape index (κ2) is 7.63. The monoisotopic (exact) mass is 415 g/mol. The van der Waals surface area contributed by atoms with Crippen molar-refractivity contribution >= 4 is 10.0 Å². The Morgan fingerprint density at radius 3 is 2.29 bits per heavy atom. The van der Waals surface area contributed by atoms with E-state index in [1.807, 2.05) is 0 Å². The summed E-state index contributed by atoms with van der Waals surface area (Å²) in [4.78, 5) is -0.167. The lowest BCUT2D eigenvalue weighted by molar-refractivity contribution is -0.137. The zero-order valence-electron chi connectivity index (χ0n) is 15.4. The van der Waals surface area contributed by atoms with E-state index in [2.05, 4.69) is 0 Å². The van der Waals surface area contributed by atoms with Crippen LogP contribution >= 0.6 is 0 Å². The molecular weight excluding hydrogens is 395 g/mol. The fourth-order valence-electron chi connectivity index (χ4n) is 3.38. The van der Waals surface area contributed by atoms with Crippen LogP contribution in [0.2, 0.25) is 0 Å². The van der Waals surface area contributed by atoms with E-state index >= 15 is 0 Å². The predicted octanol–water partition coefficient (Wildman–Crippen LogP) is 4.25. The van der Waals surface area contributed by atoms with Crippen molar-refractivity contribution in [2.24, 2.45) is 0 Å².